The lowest BCUT2D eigenvalue weighted by Crippen LogP contribution is -2.38. The Morgan fingerprint density at radius 2 is 2.10 bits per heavy atom. The van der Waals surface area contributed by atoms with Crippen LogP contribution in [0.2, 0.25) is 0 Å². The van der Waals surface area contributed by atoms with Gasteiger partial charge in [0, 0.05) is 45.0 Å². The number of benzene rings is 1. The number of hydrogen-bond acceptors (Lipinski definition) is 1. The molecule has 4 nitrogen and oxygen atoms in total. The van der Waals surface area contributed by atoms with E-state index in [0.29, 0.717) is 12.0 Å². The molecule has 0 saturated heterocycles. The summed E-state index contributed by atoms with van der Waals surface area (Å²) < 4.78 is 2.06. The van der Waals surface area contributed by atoms with E-state index >= 15 is 0 Å². The number of aliphatic imine (C=N–C) groups is 1. The van der Waals surface area contributed by atoms with Gasteiger partial charge in [-0.3, -0.25) is 4.99 Å². The Kier molecular flexibility index (Phi) is 3.95. The van der Waals surface area contributed by atoms with Crippen molar-refractivity contribution >= 4 is 5.96 Å². The van der Waals surface area contributed by atoms with Crippen molar-refractivity contribution in [2.45, 2.75) is 24.9 Å². The fourth-order valence-corrected chi connectivity index (χ4v) is 2.64. The third kappa shape index (κ3) is 3.45. The van der Waals surface area contributed by atoms with Gasteiger partial charge in [-0.2, -0.15) is 0 Å². The molecule has 1 saturated carbocycles. The Labute approximate surface area is 125 Å². The van der Waals surface area contributed by atoms with Crippen molar-refractivity contribution in [3.63, 3.8) is 0 Å². The molecule has 1 aliphatic rings. The molecule has 2 atom stereocenters. The number of rotatable bonds is 4. The van der Waals surface area contributed by atoms with Crippen LogP contribution in [-0.2, 0) is 13.6 Å². The molecule has 110 valence electrons. The minimum atomic E-state index is 0.495. The molecule has 1 aromatic heterocycles. The average molecular weight is 282 g/mol. The predicted molar refractivity (Wildman–Crippen MR) is 86.3 cm³/mol. The predicted octanol–water partition coefficient (Wildman–Crippen LogP) is 2.25. The normalized spacial score (nSPS) is 21.1. The van der Waals surface area contributed by atoms with Crippen molar-refractivity contribution in [1.29, 1.82) is 0 Å². The first kappa shape index (κ1) is 13.7. The molecular weight excluding hydrogens is 260 g/mol. The van der Waals surface area contributed by atoms with E-state index in [1.54, 1.807) is 0 Å². The lowest BCUT2D eigenvalue weighted by Gasteiger charge is -2.11. The molecule has 0 aliphatic heterocycles. The van der Waals surface area contributed by atoms with E-state index in [1.165, 1.54) is 17.5 Å². The Balaban J connectivity index is 1.50. The van der Waals surface area contributed by atoms with Crippen LogP contribution in [0.25, 0.3) is 0 Å². The van der Waals surface area contributed by atoms with E-state index < -0.39 is 0 Å². The van der Waals surface area contributed by atoms with E-state index in [1.807, 2.05) is 14.1 Å². The second-order valence-corrected chi connectivity index (χ2v) is 5.61. The number of hydrogen-bond donors (Lipinski definition) is 2. The molecule has 2 unspecified atom stereocenters. The second kappa shape index (κ2) is 6.04. The van der Waals surface area contributed by atoms with Crippen molar-refractivity contribution in [3.8, 4) is 0 Å². The molecule has 1 aliphatic carbocycles. The summed E-state index contributed by atoms with van der Waals surface area (Å²) in [6, 6.07) is 13.3. The highest BCUT2D eigenvalue weighted by atomic mass is 15.2. The first-order valence-electron chi connectivity index (χ1n) is 7.39. The lowest BCUT2D eigenvalue weighted by molar-refractivity contribution is 0.788. The minimum absolute atomic E-state index is 0.495. The standard InChI is InChI=1S/C17H22N4/c1-18-17(19-11-13-8-9-21(2)12-13)20-16-10-15(16)14-6-4-3-5-7-14/h3-9,12,15-16H,10-11H2,1-2H3,(H2,18,19,20). The molecule has 0 bridgehead atoms. The van der Waals surface area contributed by atoms with Gasteiger partial charge in [-0.15, -0.1) is 0 Å². The van der Waals surface area contributed by atoms with Crippen LogP contribution in [0.4, 0.5) is 0 Å². The van der Waals surface area contributed by atoms with Gasteiger partial charge < -0.3 is 15.2 Å². The van der Waals surface area contributed by atoms with Crippen LogP contribution in [0.5, 0.6) is 0 Å². The molecule has 0 spiro atoms. The minimum Gasteiger partial charge on any atom is -0.357 e. The van der Waals surface area contributed by atoms with Crippen molar-refractivity contribution < 1.29 is 0 Å². The van der Waals surface area contributed by atoms with E-state index in [9.17, 15) is 0 Å². The Morgan fingerprint density at radius 3 is 2.76 bits per heavy atom. The molecule has 3 rings (SSSR count). The van der Waals surface area contributed by atoms with Crippen LogP contribution in [0.3, 0.4) is 0 Å². The fraction of sp³-hybridized carbons (Fsp3) is 0.353. The van der Waals surface area contributed by atoms with E-state index in [4.69, 9.17) is 0 Å². The number of nitrogens with one attached hydrogen (secondary N) is 2. The summed E-state index contributed by atoms with van der Waals surface area (Å²) in [4.78, 5) is 4.31. The van der Waals surface area contributed by atoms with Gasteiger partial charge in [0.2, 0.25) is 0 Å². The van der Waals surface area contributed by atoms with Gasteiger partial charge in [0.05, 0.1) is 0 Å². The van der Waals surface area contributed by atoms with Crippen molar-refractivity contribution in [1.82, 2.24) is 15.2 Å². The summed E-state index contributed by atoms with van der Waals surface area (Å²) in [5.41, 5.74) is 2.67. The zero-order valence-corrected chi connectivity index (χ0v) is 12.6. The second-order valence-electron chi connectivity index (χ2n) is 5.61. The Bertz CT molecular complexity index is 615. The molecule has 1 fully saturated rings. The smallest absolute Gasteiger partial charge is 0.191 e. The van der Waals surface area contributed by atoms with Gasteiger partial charge in [-0.25, -0.2) is 0 Å². The first-order chi connectivity index (χ1) is 10.3. The van der Waals surface area contributed by atoms with Crippen LogP contribution in [0, 0.1) is 0 Å². The van der Waals surface area contributed by atoms with Gasteiger partial charge >= 0.3 is 0 Å². The lowest BCUT2D eigenvalue weighted by atomic mass is 10.1. The van der Waals surface area contributed by atoms with Crippen molar-refractivity contribution in [2.24, 2.45) is 12.0 Å². The Morgan fingerprint density at radius 1 is 1.29 bits per heavy atom. The maximum absolute atomic E-state index is 4.31. The number of guanidine groups is 1. The average Bonchev–Trinajstić information content (AvgIpc) is 3.17. The van der Waals surface area contributed by atoms with Gasteiger partial charge in [-0.1, -0.05) is 30.3 Å². The van der Waals surface area contributed by atoms with Crippen LogP contribution >= 0.6 is 0 Å². The highest BCUT2D eigenvalue weighted by Gasteiger charge is 2.38. The molecule has 0 amide bonds. The molecular formula is C17H22N4. The zero-order valence-electron chi connectivity index (χ0n) is 12.6. The highest BCUT2D eigenvalue weighted by molar-refractivity contribution is 5.80. The molecule has 0 radical (unpaired) electrons. The topological polar surface area (TPSA) is 41.4 Å². The number of aromatic nitrogens is 1. The quantitative estimate of drug-likeness (QED) is 0.667. The van der Waals surface area contributed by atoms with Crippen molar-refractivity contribution in [2.75, 3.05) is 7.05 Å². The molecule has 21 heavy (non-hydrogen) atoms. The first-order valence-corrected chi connectivity index (χ1v) is 7.39. The Hall–Kier alpha value is -2.23. The maximum atomic E-state index is 4.31. The molecule has 1 aromatic carbocycles. The van der Waals surface area contributed by atoms with Crippen LogP contribution in [0.1, 0.15) is 23.5 Å². The van der Waals surface area contributed by atoms with Gasteiger partial charge in [-0.05, 0) is 23.6 Å². The largest absolute Gasteiger partial charge is 0.357 e. The number of nitrogens with zero attached hydrogens (tertiary/aromatic N) is 2. The fourth-order valence-electron chi connectivity index (χ4n) is 2.64. The third-order valence-corrected chi connectivity index (χ3v) is 3.92. The van der Waals surface area contributed by atoms with Crippen LogP contribution in [-0.4, -0.2) is 23.6 Å². The molecule has 2 aromatic rings. The van der Waals surface area contributed by atoms with Crippen LogP contribution in [0.15, 0.2) is 53.8 Å². The third-order valence-electron chi connectivity index (χ3n) is 3.92. The monoisotopic (exact) mass is 282 g/mol. The summed E-state index contributed by atoms with van der Waals surface area (Å²) in [5, 5.41) is 6.87. The SMILES string of the molecule is CN=C(NCc1ccn(C)c1)NC1CC1c1ccccc1. The molecule has 1 heterocycles. The summed E-state index contributed by atoms with van der Waals surface area (Å²) in [7, 11) is 3.85. The summed E-state index contributed by atoms with van der Waals surface area (Å²) >= 11 is 0. The van der Waals surface area contributed by atoms with Gasteiger partial charge in [0.1, 0.15) is 0 Å². The molecule has 2 N–H and O–H groups in total. The van der Waals surface area contributed by atoms with E-state index in [-0.39, 0.29) is 0 Å². The highest BCUT2D eigenvalue weighted by Crippen LogP contribution is 2.40. The summed E-state index contributed by atoms with van der Waals surface area (Å²) in [5.74, 6) is 1.49. The van der Waals surface area contributed by atoms with E-state index in [0.717, 1.165) is 12.5 Å². The summed E-state index contributed by atoms with van der Waals surface area (Å²) in [6.45, 7) is 0.795. The zero-order chi connectivity index (χ0) is 14.7. The van der Waals surface area contributed by atoms with Crippen molar-refractivity contribution in [3.05, 3.63) is 59.9 Å². The van der Waals surface area contributed by atoms with Crippen LogP contribution < -0.4 is 10.6 Å². The van der Waals surface area contributed by atoms with E-state index in [2.05, 4.69) is 69.0 Å². The summed E-state index contributed by atoms with van der Waals surface area (Å²) in [6.07, 6.45) is 5.35. The maximum Gasteiger partial charge on any atom is 0.191 e. The number of aryl methyl sites for hydroxylation is 1. The van der Waals surface area contributed by atoms with Gasteiger partial charge in [0.25, 0.3) is 0 Å². The molecule has 4 heteroatoms. The van der Waals surface area contributed by atoms with Gasteiger partial charge in [0.15, 0.2) is 5.96 Å².